The molecular formula is C23H22N4O2. The van der Waals surface area contributed by atoms with Gasteiger partial charge in [0.15, 0.2) is 0 Å². The first-order valence-electron chi connectivity index (χ1n) is 9.59. The third-order valence-corrected chi connectivity index (χ3v) is 5.04. The minimum absolute atomic E-state index is 0.0317. The Hall–Kier alpha value is -3.54. The van der Waals surface area contributed by atoms with Crippen molar-refractivity contribution in [2.24, 2.45) is 16.8 Å². The molecule has 0 bridgehead atoms. The highest BCUT2D eigenvalue weighted by Crippen LogP contribution is 2.31. The summed E-state index contributed by atoms with van der Waals surface area (Å²) in [6.45, 7) is 4.84. The van der Waals surface area contributed by atoms with Crippen LogP contribution in [0.5, 0.6) is 0 Å². The molecule has 1 atom stereocenters. The summed E-state index contributed by atoms with van der Waals surface area (Å²) in [6.07, 6.45) is 12.7. The Labute approximate surface area is 169 Å². The molecule has 1 unspecified atom stereocenters. The average Bonchev–Trinajstić information content (AvgIpc) is 3.20. The van der Waals surface area contributed by atoms with E-state index >= 15 is 0 Å². The molecule has 0 saturated carbocycles. The molecule has 2 heterocycles. The summed E-state index contributed by atoms with van der Waals surface area (Å²) >= 11 is 0. The fourth-order valence-electron chi connectivity index (χ4n) is 3.54. The second-order valence-electron chi connectivity index (χ2n) is 7.50. The smallest absolute Gasteiger partial charge is 0.277 e. The van der Waals surface area contributed by atoms with Gasteiger partial charge in [0.25, 0.3) is 5.91 Å². The highest BCUT2D eigenvalue weighted by atomic mass is 16.2. The maximum absolute atomic E-state index is 12.6. The van der Waals surface area contributed by atoms with Gasteiger partial charge in [-0.15, -0.1) is 0 Å². The Morgan fingerprint density at radius 1 is 1.24 bits per heavy atom. The molecule has 1 N–H and O–H groups in total. The number of aliphatic imine (C=N–C) groups is 1. The molecule has 0 spiro atoms. The quantitative estimate of drug-likeness (QED) is 0.876. The molecule has 1 aliphatic carbocycles. The Balaban J connectivity index is 1.50. The summed E-state index contributed by atoms with van der Waals surface area (Å²) in [6, 6.07) is 7.39. The third-order valence-electron chi connectivity index (χ3n) is 5.04. The van der Waals surface area contributed by atoms with Crippen molar-refractivity contribution in [2.75, 3.05) is 0 Å². The summed E-state index contributed by atoms with van der Waals surface area (Å²) < 4.78 is 1.96. The van der Waals surface area contributed by atoms with Crippen LogP contribution < -0.4 is 5.32 Å². The second-order valence-corrected chi connectivity index (χ2v) is 7.50. The molecule has 29 heavy (non-hydrogen) atoms. The SMILES string of the molecule is CC(C)C1=CC(=O)NC2=CC(=NC(=O)c3ccc(Cn4ccnc4)cc3)C=CC21. The fraction of sp³-hybridized carbons (Fsp3) is 0.217. The number of imidazole rings is 1. The Bertz CT molecular complexity index is 1050. The minimum Gasteiger partial charge on any atom is -0.333 e. The molecule has 1 aromatic carbocycles. The molecule has 2 amide bonds. The summed E-state index contributed by atoms with van der Waals surface area (Å²) in [7, 11) is 0. The molecule has 2 aromatic rings. The largest absolute Gasteiger partial charge is 0.333 e. The van der Waals surface area contributed by atoms with Crippen molar-refractivity contribution in [3.63, 3.8) is 0 Å². The zero-order chi connectivity index (χ0) is 20.4. The predicted octanol–water partition coefficient (Wildman–Crippen LogP) is 3.29. The van der Waals surface area contributed by atoms with Gasteiger partial charge in [-0.05, 0) is 41.3 Å². The summed E-state index contributed by atoms with van der Waals surface area (Å²) in [5, 5.41) is 2.87. The zero-order valence-electron chi connectivity index (χ0n) is 16.4. The van der Waals surface area contributed by atoms with Gasteiger partial charge in [0.05, 0.1) is 12.0 Å². The average molecular weight is 386 g/mol. The molecule has 1 aromatic heterocycles. The number of aromatic nitrogens is 2. The van der Waals surface area contributed by atoms with Crippen LogP contribution in [0.4, 0.5) is 0 Å². The van der Waals surface area contributed by atoms with Gasteiger partial charge in [-0.2, -0.15) is 0 Å². The van der Waals surface area contributed by atoms with Gasteiger partial charge >= 0.3 is 0 Å². The second kappa shape index (κ2) is 7.83. The summed E-state index contributed by atoms with van der Waals surface area (Å²) in [5.41, 5.74) is 3.97. The number of rotatable bonds is 4. The first-order chi connectivity index (χ1) is 14.0. The van der Waals surface area contributed by atoms with E-state index in [0.29, 0.717) is 17.8 Å². The number of hydrogen-bond acceptors (Lipinski definition) is 3. The van der Waals surface area contributed by atoms with Gasteiger partial charge < -0.3 is 9.88 Å². The predicted molar refractivity (Wildman–Crippen MR) is 111 cm³/mol. The number of benzene rings is 1. The molecule has 6 heteroatoms. The number of hydrogen-bond donors (Lipinski definition) is 1. The van der Waals surface area contributed by atoms with Crippen LogP contribution in [0.15, 0.2) is 83.6 Å². The molecule has 0 fully saturated rings. The number of allylic oxidation sites excluding steroid dienone is 3. The van der Waals surface area contributed by atoms with E-state index in [1.807, 2.05) is 35.0 Å². The van der Waals surface area contributed by atoms with E-state index in [9.17, 15) is 9.59 Å². The van der Waals surface area contributed by atoms with E-state index in [4.69, 9.17) is 0 Å². The van der Waals surface area contributed by atoms with E-state index in [1.165, 1.54) is 0 Å². The van der Waals surface area contributed by atoms with Crippen molar-refractivity contribution >= 4 is 17.5 Å². The number of nitrogens with zero attached hydrogens (tertiary/aromatic N) is 3. The molecule has 1 aliphatic heterocycles. The maximum atomic E-state index is 12.6. The molecule has 2 aliphatic rings. The lowest BCUT2D eigenvalue weighted by molar-refractivity contribution is -0.116. The van der Waals surface area contributed by atoms with Crippen molar-refractivity contribution < 1.29 is 9.59 Å². The lowest BCUT2D eigenvalue weighted by Crippen LogP contribution is -2.34. The fourth-order valence-corrected chi connectivity index (χ4v) is 3.54. The van der Waals surface area contributed by atoms with Crippen molar-refractivity contribution in [2.45, 2.75) is 20.4 Å². The van der Waals surface area contributed by atoms with Gasteiger partial charge in [-0.25, -0.2) is 9.98 Å². The number of carbonyl (C=O) groups excluding carboxylic acids is 2. The first kappa shape index (κ1) is 18.8. The van der Waals surface area contributed by atoms with E-state index in [0.717, 1.165) is 16.8 Å². The van der Waals surface area contributed by atoms with Crippen LogP contribution in [0.3, 0.4) is 0 Å². The summed E-state index contributed by atoms with van der Waals surface area (Å²) in [4.78, 5) is 32.8. The normalized spacial score (nSPS) is 19.6. The van der Waals surface area contributed by atoms with Crippen LogP contribution in [-0.4, -0.2) is 27.1 Å². The standard InChI is InChI=1S/C23H22N4O2/c1-15(2)20-12-22(28)26-21-11-18(7-8-19(20)21)25-23(29)17-5-3-16(4-6-17)13-27-10-9-24-14-27/h3-12,14-15,19H,13H2,1-2H3,(H,26,28). The van der Waals surface area contributed by atoms with Crippen LogP contribution in [0.25, 0.3) is 0 Å². The third kappa shape index (κ3) is 4.16. The van der Waals surface area contributed by atoms with Gasteiger partial charge in [0.2, 0.25) is 5.91 Å². The van der Waals surface area contributed by atoms with E-state index in [1.54, 1.807) is 36.8 Å². The van der Waals surface area contributed by atoms with Gasteiger partial charge in [0, 0.05) is 42.2 Å². The molecule has 146 valence electrons. The van der Waals surface area contributed by atoms with Crippen LogP contribution >= 0.6 is 0 Å². The summed E-state index contributed by atoms with van der Waals surface area (Å²) in [5.74, 6) is -0.147. The Morgan fingerprint density at radius 2 is 2.03 bits per heavy atom. The molecule has 0 saturated heterocycles. The zero-order valence-corrected chi connectivity index (χ0v) is 16.4. The highest BCUT2D eigenvalue weighted by Gasteiger charge is 2.27. The van der Waals surface area contributed by atoms with Crippen LogP contribution in [0, 0.1) is 11.8 Å². The lowest BCUT2D eigenvalue weighted by Gasteiger charge is -2.29. The van der Waals surface area contributed by atoms with Crippen molar-refractivity contribution in [1.82, 2.24) is 14.9 Å². The number of fused-ring (bicyclic) bond motifs is 1. The van der Waals surface area contributed by atoms with Gasteiger partial charge in [-0.1, -0.05) is 32.1 Å². The van der Waals surface area contributed by atoms with Crippen LogP contribution in [-0.2, 0) is 11.3 Å². The van der Waals surface area contributed by atoms with Gasteiger partial charge in [-0.3, -0.25) is 9.59 Å². The van der Waals surface area contributed by atoms with E-state index in [2.05, 4.69) is 29.1 Å². The van der Waals surface area contributed by atoms with Crippen molar-refractivity contribution in [3.8, 4) is 0 Å². The molecule has 4 rings (SSSR count). The Kier molecular flexibility index (Phi) is 5.08. The van der Waals surface area contributed by atoms with Crippen LogP contribution in [0.2, 0.25) is 0 Å². The Morgan fingerprint density at radius 3 is 2.72 bits per heavy atom. The number of nitrogens with one attached hydrogen (secondary N) is 1. The van der Waals surface area contributed by atoms with Gasteiger partial charge in [0.1, 0.15) is 0 Å². The monoisotopic (exact) mass is 386 g/mol. The molecule has 0 radical (unpaired) electrons. The van der Waals surface area contributed by atoms with Crippen molar-refractivity contribution in [3.05, 3.63) is 89.7 Å². The topological polar surface area (TPSA) is 76.3 Å². The van der Waals surface area contributed by atoms with Crippen LogP contribution in [0.1, 0.15) is 29.8 Å². The maximum Gasteiger partial charge on any atom is 0.277 e. The van der Waals surface area contributed by atoms with E-state index in [-0.39, 0.29) is 23.7 Å². The lowest BCUT2D eigenvalue weighted by atomic mass is 9.82. The molecular weight excluding hydrogens is 364 g/mol. The molecule has 6 nitrogen and oxygen atoms in total. The van der Waals surface area contributed by atoms with Crippen molar-refractivity contribution in [1.29, 1.82) is 0 Å². The minimum atomic E-state index is -0.309. The number of carbonyl (C=O) groups is 2. The van der Waals surface area contributed by atoms with E-state index < -0.39 is 0 Å². The number of amides is 2. The highest BCUT2D eigenvalue weighted by molar-refractivity contribution is 6.14. The first-order valence-corrected chi connectivity index (χ1v) is 9.59.